The first-order valence-electron chi connectivity index (χ1n) is 8.38. The molecule has 0 saturated carbocycles. The Labute approximate surface area is 157 Å². The molecule has 2 aromatic carbocycles. The smallest absolute Gasteiger partial charge is 0.253 e. The molecule has 1 heterocycles. The Hall–Kier alpha value is -2.39. The molecule has 2 atom stereocenters. The number of likely N-dealkylation sites (tertiary alicyclic amines) is 1. The van der Waals surface area contributed by atoms with Crippen molar-refractivity contribution in [3.63, 3.8) is 0 Å². The molecule has 0 aromatic heterocycles. The van der Waals surface area contributed by atoms with Crippen molar-refractivity contribution in [1.82, 2.24) is 4.90 Å². The summed E-state index contributed by atoms with van der Waals surface area (Å²) in [5, 5.41) is 28.2. The minimum atomic E-state index is -0.124. The van der Waals surface area contributed by atoms with E-state index >= 15 is 0 Å². The second-order valence-corrected chi connectivity index (χ2v) is 6.89. The number of hydrogen-bond acceptors (Lipinski definition) is 4. The van der Waals surface area contributed by atoms with Crippen molar-refractivity contribution in [1.29, 1.82) is 5.26 Å². The molecule has 5 nitrogen and oxygen atoms in total. The van der Waals surface area contributed by atoms with E-state index in [1.54, 1.807) is 41.3 Å². The van der Waals surface area contributed by atoms with Crippen molar-refractivity contribution < 1.29 is 15.0 Å². The number of benzene rings is 2. The van der Waals surface area contributed by atoms with Gasteiger partial charge in [0.25, 0.3) is 5.91 Å². The average Bonchev–Trinajstić information content (AvgIpc) is 3.11. The molecule has 2 aromatic rings. The summed E-state index contributed by atoms with van der Waals surface area (Å²) in [6.45, 7) is 0.790. The maximum atomic E-state index is 12.8. The van der Waals surface area contributed by atoms with Crippen LogP contribution < -0.4 is 0 Å². The molecular formula is C20H19ClN2O3. The fourth-order valence-electron chi connectivity index (χ4n) is 3.32. The second kappa shape index (κ2) is 7.88. The van der Waals surface area contributed by atoms with Crippen LogP contribution in [0.1, 0.15) is 15.9 Å². The predicted molar refractivity (Wildman–Crippen MR) is 98.7 cm³/mol. The summed E-state index contributed by atoms with van der Waals surface area (Å²) in [6, 6.07) is 14.4. The van der Waals surface area contributed by atoms with Crippen LogP contribution in [-0.2, 0) is 0 Å². The summed E-state index contributed by atoms with van der Waals surface area (Å²) in [7, 11) is 0. The highest BCUT2D eigenvalue weighted by Gasteiger charge is 2.34. The largest absolute Gasteiger partial charge is 0.396 e. The van der Waals surface area contributed by atoms with E-state index in [9.17, 15) is 15.0 Å². The summed E-state index contributed by atoms with van der Waals surface area (Å²) in [5.41, 5.74) is 2.61. The van der Waals surface area contributed by atoms with Crippen LogP contribution in [0.5, 0.6) is 0 Å². The van der Waals surface area contributed by atoms with Crippen LogP contribution in [0, 0.1) is 23.2 Å². The van der Waals surface area contributed by atoms with Gasteiger partial charge in [0, 0.05) is 43.7 Å². The van der Waals surface area contributed by atoms with Crippen molar-refractivity contribution in [2.24, 2.45) is 11.8 Å². The van der Waals surface area contributed by atoms with Gasteiger partial charge in [0.05, 0.1) is 10.6 Å². The van der Waals surface area contributed by atoms with Crippen LogP contribution in [0.3, 0.4) is 0 Å². The summed E-state index contributed by atoms with van der Waals surface area (Å²) in [5.74, 6) is -0.310. The zero-order valence-corrected chi connectivity index (χ0v) is 14.9. The lowest BCUT2D eigenvalue weighted by Gasteiger charge is -2.17. The molecular weight excluding hydrogens is 352 g/mol. The number of aliphatic hydroxyl groups is 2. The topological polar surface area (TPSA) is 84.6 Å². The van der Waals surface area contributed by atoms with Gasteiger partial charge in [-0.25, -0.2) is 0 Å². The third-order valence-electron chi connectivity index (χ3n) is 4.87. The normalized spacial score (nSPS) is 19.4. The van der Waals surface area contributed by atoms with Gasteiger partial charge in [-0.2, -0.15) is 5.26 Å². The third kappa shape index (κ3) is 3.58. The monoisotopic (exact) mass is 370 g/mol. The number of nitrogens with zero attached hydrogens (tertiary/aromatic N) is 2. The lowest BCUT2D eigenvalue weighted by molar-refractivity contribution is 0.0778. The molecule has 0 bridgehead atoms. The number of carbonyl (C=O) groups is 1. The van der Waals surface area contributed by atoms with Gasteiger partial charge in [-0.1, -0.05) is 29.8 Å². The van der Waals surface area contributed by atoms with E-state index in [0.717, 1.165) is 11.1 Å². The van der Waals surface area contributed by atoms with E-state index in [0.29, 0.717) is 29.2 Å². The predicted octanol–water partition coefficient (Wildman–Crippen LogP) is 2.55. The number of rotatable bonds is 4. The number of amides is 1. The molecule has 1 aliphatic rings. The van der Waals surface area contributed by atoms with Crippen LogP contribution in [0.4, 0.5) is 0 Å². The SMILES string of the molecule is N#Cc1ccc(-c2cccc(C(=O)N3C[C@@H](CO)[C@H](CO)C3)c2)cc1Cl. The minimum Gasteiger partial charge on any atom is -0.396 e. The minimum absolute atomic E-state index is 0.0429. The average molecular weight is 371 g/mol. The zero-order valence-electron chi connectivity index (χ0n) is 14.1. The molecule has 3 rings (SSSR count). The van der Waals surface area contributed by atoms with E-state index in [2.05, 4.69) is 0 Å². The van der Waals surface area contributed by atoms with E-state index in [1.165, 1.54) is 0 Å². The molecule has 0 unspecified atom stereocenters. The first-order valence-corrected chi connectivity index (χ1v) is 8.76. The third-order valence-corrected chi connectivity index (χ3v) is 5.18. The van der Waals surface area contributed by atoms with Crippen molar-refractivity contribution in [3.05, 3.63) is 58.6 Å². The van der Waals surface area contributed by atoms with Crippen LogP contribution in [-0.4, -0.2) is 47.3 Å². The summed E-state index contributed by atoms with van der Waals surface area (Å²) >= 11 is 6.10. The second-order valence-electron chi connectivity index (χ2n) is 6.48. The Morgan fingerprint density at radius 1 is 1.12 bits per heavy atom. The number of hydrogen-bond donors (Lipinski definition) is 2. The molecule has 1 amide bonds. The fourth-order valence-corrected chi connectivity index (χ4v) is 3.54. The van der Waals surface area contributed by atoms with Crippen LogP contribution in [0.2, 0.25) is 5.02 Å². The van der Waals surface area contributed by atoms with Crippen LogP contribution in [0.25, 0.3) is 11.1 Å². The number of nitriles is 1. The molecule has 1 aliphatic heterocycles. The highest BCUT2D eigenvalue weighted by Crippen LogP contribution is 2.28. The lowest BCUT2D eigenvalue weighted by atomic mass is 9.98. The molecule has 0 radical (unpaired) electrons. The molecule has 6 heteroatoms. The van der Waals surface area contributed by atoms with Crippen LogP contribution in [0.15, 0.2) is 42.5 Å². The van der Waals surface area contributed by atoms with Gasteiger partial charge < -0.3 is 15.1 Å². The molecule has 0 spiro atoms. The highest BCUT2D eigenvalue weighted by molar-refractivity contribution is 6.32. The first kappa shape index (κ1) is 18.4. The molecule has 26 heavy (non-hydrogen) atoms. The number of carbonyl (C=O) groups excluding carboxylic acids is 1. The first-order chi connectivity index (χ1) is 12.6. The quantitative estimate of drug-likeness (QED) is 0.866. The number of halogens is 1. The van der Waals surface area contributed by atoms with Gasteiger partial charge in [-0.3, -0.25) is 4.79 Å². The van der Waals surface area contributed by atoms with Gasteiger partial charge in [-0.15, -0.1) is 0 Å². The molecule has 134 valence electrons. The van der Waals surface area contributed by atoms with Crippen molar-refractivity contribution in [2.75, 3.05) is 26.3 Å². The Morgan fingerprint density at radius 2 is 1.77 bits per heavy atom. The summed E-state index contributed by atoms with van der Waals surface area (Å²) in [4.78, 5) is 14.5. The molecule has 1 saturated heterocycles. The van der Waals surface area contributed by atoms with Gasteiger partial charge in [-0.05, 0) is 35.4 Å². The van der Waals surface area contributed by atoms with E-state index in [4.69, 9.17) is 16.9 Å². The van der Waals surface area contributed by atoms with Crippen molar-refractivity contribution in [2.45, 2.75) is 0 Å². The van der Waals surface area contributed by atoms with E-state index in [-0.39, 0.29) is 31.0 Å². The standard InChI is InChI=1S/C20H19ClN2O3/c21-19-7-14(4-5-16(19)8-22)13-2-1-3-15(6-13)20(26)23-9-17(11-24)18(10-23)12-25/h1-7,17-18,24-25H,9-12H2/t17-,18-/m0/s1. The van der Waals surface area contributed by atoms with Crippen molar-refractivity contribution in [3.8, 4) is 17.2 Å². The summed E-state index contributed by atoms with van der Waals surface area (Å²) < 4.78 is 0. The zero-order chi connectivity index (χ0) is 18.7. The Bertz CT molecular complexity index is 850. The Kier molecular flexibility index (Phi) is 5.58. The van der Waals surface area contributed by atoms with Gasteiger partial charge in [0.15, 0.2) is 0 Å². The van der Waals surface area contributed by atoms with E-state index < -0.39 is 0 Å². The number of aliphatic hydroxyl groups excluding tert-OH is 2. The van der Waals surface area contributed by atoms with Gasteiger partial charge in [0.2, 0.25) is 0 Å². The highest BCUT2D eigenvalue weighted by atomic mass is 35.5. The summed E-state index contributed by atoms with van der Waals surface area (Å²) in [6.07, 6.45) is 0. The fraction of sp³-hybridized carbons (Fsp3) is 0.300. The molecule has 0 aliphatic carbocycles. The molecule has 1 fully saturated rings. The maximum absolute atomic E-state index is 12.8. The lowest BCUT2D eigenvalue weighted by Crippen LogP contribution is -2.29. The van der Waals surface area contributed by atoms with Gasteiger partial charge >= 0.3 is 0 Å². The maximum Gasteiger partial charge on any atom is 0.253 e. The van der Waals surface area contributed by atoms with Gasteiger partial charge in [0.1, 0.15) is 6.07 Å². The molecule has 2 N–H and O–H groups in total. The Balaban J connectivity index is 1.85. The Morgan fingerprint density at radius 3 is 2.35 bits per heavy atom. The van der Waals surface area contributed by atoms with Crippen molar-refractivity contribution >= 4 is 17.5 Å². The van der Waals surface area contributed by atoms with Crippen LogP contribution >= 0.6 is 11.6 Å². The van der Waals surface area contributed by atoms with E-state index in [1.807, 2.05) is 12.1 Å².